The number of carbonyl (C=O) groups excluding carboxylic acids is 1. The summed E-state index contributed by atoms with van der Waals surface area (Å²) in [5.41, 5.74) is 4.69. The van der Waals surface area contributed by atoms with Gasteiger partial charge >= 0.3 is 0 Å². The van der Waals surface area contributed by atoms with Gasteiger partial charge in [-0.3, -0.25) is 4.79 Å². The molecule has 5 nitrogen and oxygen atoms in total. The molecule has 0 saturated carbocycles. The summed E-state index contributed by atoms with van der Waals surface area (Å²) in [7, 11) is 1.64. The number of methoxy groups -OCH3 is 1. The quantitative estimate of drug-likeness (QED) is 0.656. The van der Waals surface area contributed by atoms with Crippen LogP contribution in [0.3, 0.4) is 0 Å². The Morgan fingerprint density at radius 3 is 2.43 bits per heavy atom. The minimum Gasteiger partial charge on any atom is -0.497 e. The summed E-state index contributed by atoms with van der Waals surface area (Å²) in [6.45, 7) is 4.11. The molecule has 0 aliphatic rings. The highest BCUT2D eigenvalue weighted by atomic mass is 16.5. The Kier molecular flexibility index (Phi) is 6.37. The summed E-state index contributed by atoms with van der Waals surface area (Å²) in [5.74, 6) is 1.24. The number of nitrogens with one attached hydrogen (secondary N) is 1. The molecule has 0 radical (unpaired) electrons. The number of benzene rings is 2. The number of hydrogen-bond donors (Lipinski definition) is 1. The molecule has 3 rings (SSSR count). The van der Waals surface area contributed by atoms with Crippen LogP contribution < -0.4 is 10.1 Å². The van der Waals surface area contributed by atoms with Crippen LogP contribution in [0.2, 0.25) is 0 Å². The SMILES string of the molecule is CCCc1nc(-c2ccc(OC)cc2)cnc1NC(=O)Cc1ccc(C)cc1. The predicted octanol–water partition coefficient (Wildman–Crippen LogP) is 4.59. The third kappa shape index (κ3) is 4.94. The summed E-state index contributed by atoms with van der Waals surface area (Å²) in [5, 5.41) is 2.92. The van der Waals surface area contributed by atoms with Gasteiger partial charge in [-0.25, -0.2) is 9.97 Å². The molecule has 144 valence electrons. The first-order valence-electron chi connectivity index (χ1n) is 9.44. The average molecular weight is 375 g/mol. The molecule has 5 heteroatoms. The number of anilines is 1. The van der Waals surface area contributed by atoms with Crippen molar-refractivity contribution in [3.05, 3.63) is 71.5 Å². The van der Waals surface area contributed by atoms with E-state index in [1.807, 2.05) is 55.5 Å². The van der Waals surface area contributed by atoms with Crippen molar-refractivity contribution in [2.45, 2.75) is 33.1 Å². The van der Waals surface area contributed by atoms with Crippen molar-refractivity contribution in [3.63, 3.8) is 0 Å². The third-order valence-corrected chi connectivity index (χ3v) is 4.46. The Morgan fingerprint density at radius 1 is 1.07 bits per heavy atom. The number of aromatic nitrogens is 2. The zero-order valence-electron chi connectivity index (χ0n) is 16.5. The van der Waals surface area contributed by atoms with Crippen LogP contribution in [0.25, 0.3) is 11.3 Å². The average Bonchev–Trinajstić information content (AvgIpc) is 2.71. The maximum Gasteiger partial charge on any atom is 0.229 e. The van der Waals surface area contributed by atoms with E-state index in [2.05, 4.69) is 17.2 Å². The molecule has 0 saturated heterocycles. The Morgan fingerprint density at radius 2 is 1.79 bits per heavy atom. The molecule has 28 heavy (non-hydrogen) atoms. The minimum atomic E-state index is -0.0901. The molecule has 1 N–H and O–H groups in total. The van der Waals surface area contributed by atoms with Crippen LogP contribution in [0.1, 0.15) is 30.2 Å². The van der Waals surface area contributed by atoms with E-state index >= 15 is 0 Å². The van der Waals surface area contributed by atoms with Gasteiger partial charge in [-0.1, -0.05) is 43.2 Å². The predicted molar refractivity (Wildman–Crippen MR) is 112 cm³/mol. The molecule has 3 aromatic rings. The van der Waals surface area contributed by atoms with Crippen LogP contribution in [0.4, 0.5) is 5.82 Å². The monoisotopic (exact) mass is 375 g/mol. The fourth-order valence-electron chi connectivity index (χ4n) is 2.91. The molecule has 1 heterocycles. The van der Waals surface area contributed by atoms with Gasteiger partial charge in [0.05, 0.1) is 31.1 Å². The summed E-state index contributed by atoms with van der Waals surface area (Å²) >= 11 is 0. The highest BCUT2D eigenvalue weighted by Gasteiger charge is 2.12. The Labute approximate surface area is 165 Å². The van der Waals surface area contributed by atoms with Crippen LogP contribution >= 0.6 is 0 Å². The molecule has 0 aliphatic heterocycles. The zero-order valence-corrected chi connectivity index (χ0v) is 16.5. The molecule has 0 bridgehead atoms. The highest BCUT2D eigenvalue weighted by Crippen LogP contribution is 2.23. The van der Waals surface area contributed by atoms with E-state index in [9.17, 15) is 4.79 Å². The fraction of sp³-hybridized carbons (Fsp3) is 0.261. The van der Waals surface area contributed by atoms with E-state index in [1.54, 1.807) is 13.3 Å². The first-order valence-corrected chi connectivity index (χ1v) is 9.44. The standard InChI is InChI=1S/C23H25N3O2/c1-4-5-20-23(26-22(27)14-17-8-6-16(2)7-9-17)24-15-21(25-20)18-10-12-19(28-3)13-11-18/h6-13,15H,4-5,14H2,1-3H3,(H,24,26,27). The van der Waals surface area contributed by atoms with Crippen molar-refractivity contribution in [1.29, 1.82) is 0 Å². The molecule has 0 spiro atoms. The lowest BCUT2D eigenvalue weighted by atomic mass is 10.1. The van der Waals surface area contributed by atoms with Gasteiger partial charge < -0.3 is 10.1 Å². The fourth-order valence-corrected chi connectivity index (χ4v) is 2.91. The molecule has 0 fully saturated rings. The van der Waals surface area contributed by atoms with Gasteiger partial charge in [-0.05, 0) is 43.2 Å². The van der Waals surface area contributed by atoms with Gasteiger partial charge in [0, 0.05) is 5.56 Å². The van der Waals surface area contributed by atoms with Gasteiger partial charge in [-0.2, -0.15) is 0 Å². The van der Waals surface area contributed by atoms with Crippen LogP contribution in [0.15, 0.2) is 54.7 Å². The summed E-state index contributed by atoms with van der Waals surface area (Å²) in [4.78, 5) is 21.7. The smallest absolute Gasteiger partial charge is 0.229 e. The van der Waals surface area contributed by atoms with E-state index < -0.39 is 0 Å². The Bertz CT molecular complexity index is 935. The lowest BCUT2D eigenvalue weighted by molar-refractivity contribution is -0.115. The molecular formula is C23H25N3O2. The number of aryl methyl sites for hydroxylation is 2. The largest absolute Gasteiger partial charge is 0.497 e. The number of amides is 1. The number of nitrogens with zero attached hydrogens (tertiary/aromatic N) is 2. The lowest BCUT2D eigenvalue weighted by Crippen LogP contribution is -2.17. The number of hydrogen-bond acceptors (Lipinski definition) is 4. The van der Waals surface area contributed by atoms with Crippen LogP contribution in [0.5, 0.6) is 5.75 Å². The second-order valence-corrected chi connectivity index (χ2v) is 6.74. The van der Waals surface area contributed by atoms with E-state index in [4.69, 9.17) is 9.72 Å². The number of rotatable bonds is 7. The summed E-state index contributed by atoms with van der Waals surface area (Å²) in [6, 6.07) is 15.7. The van der Waals surface area contributed by atoms with Crippen molar-refractivity contribution in [1.82, 2.24) is 9.97 Å². The van der Waals surface area contributed by atoms with Crippen LogP contribution in [0, 0.1) is 6.92 Å². The minimum absolute atomic E-state index is 0.0901. The van der Waals surface area contributed by atoms with Crippen LogP contribution in [-0.4, -0.2) is 23.0 Å². The van der Waals surface area contributed by atoms with Crippen LogP contribution in [-0.2, 0) is 17.6 Å². The lowest BCUT2D eigenvalue weighted by Gasteiger charge is -2.11. The van der Waals surface area contributed by atoms with Gasteiger partial charge in [0.25, 0.3) is 0 Å². The third-order valence-electron chi connectivity index (χ3n) is 4.46. The molecule has 0 unspecified atom stereocenters. The van der Waals surface area contributed by atoms with E-state index in [-0.39, 0.29) is 5.91 Å². The summed E-state index contributed by atoms with van der Waals surface area (Å²) < 4.78 is 5.20. The maximum absolute atomic E-state index is 12.5. The Balaban J connectivity index is 1.78. The van der Waals surface area contributed by atoms with Gasteiger partial charge in [0.1, 0.15) is 5.75 Å². The van der Waals surface area contributed by atoms with E-state index in [1.165, 1.54) is 5.56 Å². The van der Waals surface area contributed by atoms with Crippen molar-refractivity contribution in [3.8, 4) is 17.0 Å². The first kappa shape index (κ1) is 19.5. The molecule has 1 aromatic heterocycles. The highest BCUT2D eigenvalue weighted by molar-refractivity contribution is 5.92. The van der Waals surface area contributed by atoms with Gasteiger partial charge in [-0.15, -0.1) is 0 Å². The molecular weight excluding hydrogens is 350 g/mol. The van der Waals surface area contributed by atoms with Crippen molar-refractivity contribution < 1.29 is 9.53 Å². The van der Waals surface area contributed by atoms with Crippen molar-refractivity contribution in [2.75, 3.05) is 12.4 Å². The van der Waals surface area contributed by atoms with E-state index in [0.29, 0.717) is 12.2 Å². The zero-order chi connectivity index (χ0) is 19.9. The van der Waals surface area contributed by atoms with Gasteiger partial charge in [0.15, 0.2) is 5.82 Å². The number of carbonyl (C=O) groups is 1. The molecule has 0 atom stereocenters. The molecule has 2 aromatic carbocycles. The summed E-state index contributed by atoms with van der Waals surface area (Å²) in [6.07, 6.45) is 3.68. The normalized spacial score (nSPS) is 10.5. The number of ether oxygens (including phenoxy) is 1. The second kappa shape index (κ2) is 9.13. The van der Waals surface area contributed by atoms with Crippen molar-refractivity contribution >= 4 is 11.7 Å². The molecule has 0 aliphatic carbocycles. The van der Waals surface area contributed by atoms with Gasteiger partial charge in [0.2, 0.25) is 5.91 Å². The molecule has 1 amide bonds. The Hall–Kier alpha value is -3.21. The topological polar surface area (TPSA) is 64.1 Å². The second-order valence-electron chi connectivity index (χ2n) is 6.74. The maximum atomic E-state index is 12.5. The first-order chi connectivity index (χ1) is 13.6. The van der Waals surface area contributed by atoms with E-state index in [0.717, 1.165) is 41.1 Å². The van der Waals surface area contributed by atoms with Crippen molar-refractivity contribution in [2.24, 2.45) is 0 Å².